The second-order valence-electron chi connectivity index (χ2n) is 6.73. The van der Waals surface area contributed by atoms with E-state index in [2.05, 4.69) is 36.1 Å². The van der Waals surface area contributed by atoms with E-state index in [4.69, 9.17) is 0 Å². The third-order valence-electron chi connectivity index (χ3n) is 3.86. The summed E-state index contributed by atoms with van der Waals surface area (Å²) < 4.78 is 0. The molecule has 0 bridgehead atoms. The molecule has 116 valence electrons. The molecule has 0 saturated carbocycles. The van der Waals surface area contributed by atoms with E-state index in [-0.39, 0.29) is 11.3 Å². The maximum atomic E-state index is 12.4. The number of aryl methyl sites for hydroxylation is 2. The quantitative estimate of drug-likeness (QED) is 0.912. The van der Waals surface area contributed by atoms with Gasteiger partial charge in [0.25, 0.3) is 5.91 Å². The van der Waals surface area contributed by atoms with Gasteiger partial charge in [-0.1, -0.05) is 20.8 Å². The Hall–Kier alpha value is -1.75. The van der Waals surface area contributed by atoms with Crippen molar-refractivity contribution in [2.24, 2.45) is 0 Å². The Morgan fingerprint density at radius 1 is 1.27 bits per heavy atom. The number of pyridine rings is 1. The standard InChI is InChI=1S/C17H21N3OS/c1-17(2,3)14-10-11(8-9-18-14)15(21)20-16-19-12-6-4-5-7-13(12)22-16/h8-10H,4-7H2,1-3H3,(H,19,20,21). The molecule has 0 radical (unpaired) electrons. The summed E-state index contributed by atoms with van der Waals surface area (Å²) in [5, 5.41) is 3.65. The normalized spacial score (nSPS) is 14.5. The van der Waals surface area contributed by atoms with E-state index in [0.717, 1.165) is 24.2 Å². The van der Waals surface area contributed by atoms with Crippen LogP contribution >= 0.6 is 11.3 Å². The summed E-state index contributed by atoms with van der Waals surface area (Å²) in [4.78, 5) is 22.7. The molecule has 0 spiro atoms. The van der Waals surface area contributed by atoms with Crippen molar-refractivity contribution in [3.63, 3.8) is 0 Å². The summed E-state index contributed by atoms with van der Waals surface area (Å²) in [6.07, 6.45) is 6.24. The monoisotopic (exact) mass is 315 g/mol. The van der Waals surface area contributed by atoms with Gasteiger partial charge < -0.3 is 0 Å². The summed E-state index contributed by atoms with van der Waals surface area (Å²) >= 11 is 1.61. The number of hydrogen-bond acceptors (Lipinski definition) is 4. The van der Waals surface area contributed by atoms with E-state index in [0.29, 0.717) is 10.7 Å². The Labute approximate surface area is 135 Å². The van der Waals surface area contributed by atoms with Gasteiger partial charge in [-0.2, -0.15) is 0 Å². The number of thiazole rings is 1. The van der Waals surface area contributed by atoms with Crippen LogP contribution in [0, 0.1) is 0 Å². The summed E-state index contributed by atoms with van der Waals surface area (Å²) in [6, 6.07) is 3.61. The van der Waals surface area contributed by atoms with Crippen molar-refractivity contribution < 1.29 is 4.79 Å². The predicted molar refractivity (Wildman–Crippen MR) is 89.6 cm³/mol. The van der Waals surface area contributed by atoms with Crippen molar-refractivity contribution in [1.29, 1.82) is 0 Å². The highest BCUT2D eigenvalue weighted by molar-refractivity contribution is 7.15. The molecule has 0 unspecified atom stereocenters. The first-order valence-electron chi connectivity index (χ1n) is 7.70. The SMILES string of the molecule is CC(C)(C)c1cc(C(=O)Nc2nc3c(s2)CCCC3)ccn1. The lowest BCUT2D eigenvalue weighted by atomic mass is 9.91. The number of amides is 1. The molecule has 1 amide bonds. The van der Waals surface area contributed by atoms with E-state index >= 15 is 0 Å². The van der Waals surface area contributed by atoms with Gasteiger partial charge in [0.1, 0.15) is 0 Å². The van der Waals surface area contributed by atoms with E-state index in [1.807, 2.05) is 6.07 Å². The van der Waals surface area contributed by atoms with E-state index in [1.54, 1.807) is 23.6 Å². The minimum Gasteiger partial charge on any atom is -0.298 e. The van der Waals surface area contributed by atoms with Crippen molar-refractivity contribution >= 4 is 22.4 Å². The zero-order chi connectivity index (χ0) is 15.7. The molecule has 1 aliphatic carbocycles. The first-order valence-corrected chi connectivity index (χ1v) is 8.51. The lowest BCUT2D eigenvalue weighted by Gasteiger charge is -2.17. The summed E-state index contributed by atoms with van der Waals surface area (Å²) in [7, 11) is 0. The van der Waals surface area contributed by atoms with Gasteiger partial charge in [0, 0.05) is 27.7 Å². The summed E-state index contributed by atoms with van der Waals surface area (Å²) in [5.74, 6) is -0.112. The Balaban J connectivity index is 1.78. The Kier molecular flexibility index (Phi) is 4.00. The van der Waals surface area contributed by atoms with Gasteiger partial charge in [-0.15, -0.1) is 11.3 Å². The number of carbonyl (C=O) groups excluding carboxylic acids is 1. The Morgan fingerprint density at radius 3 is 2.77 bits per heavy atom. The molecule has 2 aromatic rings. The fourth-order valence-electron chi connectivity index (χ4n) is 2.56. The van der Waals surface area contributed by atoms with E-state index in [1.165, 1.54) is 17.7 Å². The minimum atomic E-state index is -0.112. The third-order valence-corrected chi connectivity index (χ3v) is 4.93. The van der Waals surface area contributed by atoms with Crippen molar-refractivity contribution in [2.45, 2.75) is 51.9 Å². The number of carbonyl (C=O) groups is 1. The maximum absolute atomic E-state index is 12.4. The molecule has 0 aliphatic heterocycles. The molecule has 2 heterocycles. The van der Waals surface area contributed by atoms with Crippen molar-refractivity contribution in [3.8, 4) is 0 Å². The number of anilines is 1. The molecular formula is C17H21N3OS. The first kappa shape index (κ1) is 15.2. The molecule has 0 fully saturated rings. The smallest absolute Gasteiger partial charge is 0.257 e. The molecule has 4 nitrogen and oxygen atoms in total. The van der Waals surface area contributed by atoms with Gasteiger partial charge >= 0.3 is 0 Å². The minimum absolute atomic E-state index is 0.0729. The molecule has 0 atom stereocenters. The summed E-state index contributed by atoms with van der Waals surface area (Å²) in [6.45, 7) is 6.27. The van der Waals surface area contributed by atoms with Gasteiger partial charge in [-0.3, -0.25) is 15.1 Å². The number of aromatic nitrogens is 2. The molecule has 3 rings (SSSR count). The molecule has 22 heavy (non-hydrogen) atoms. The average Bonchev–Trinajstić information content (AvgIpc) is 2.88. The highest BCUT2D eigenvalue weighted by atomic mass is 32.1. The molecule has 1 N–H and O–H groups in total. The van der Waals surface area contributed by atoms with Crippen LogP contribution in [-0.4, -0.2) is 15.9 Å². The van der Waals surface area contributed by atoms with Gasteiger partial charge in [0.15, 0.2) is 5.13 Å². The van der Waals surface area contributed by atoms with E-state index < -0.39 is 0 Å². The topological polar surface area (TPSA) is 54.9 Å². The van der Waals surface area contributed by atoms with Crippen LogP contribution in [0.2, 0.25) is 0 Å². The van der Waals surface area contributed by atoms with Crippen molar-refractivity contribution in [1.82, 2.24) is 9.97 Å². The van der Waals surface area contributed by atoms with Gasteiger partial charge in [0.05, 0.1) is 5.69 Å². The predicted octanol–water partition coefficient (Wildman–Crippen LogP) is 3.97. The molecule has 5 heteroatoms. The third kappa shape index (κ3) is 3.19. The zero-order valence-corrected chi connectivity index (χ0v) is 14.1. The second-order valence-corrected chi connectivity index (χ2v) is 7.81. The fraction of sp³-hybridized carbons (Fsp3) is 0.471. The molecule has 1 aliphatic rings. The van der Waals surface area contributed by atoms with Crippen LogP contribution in [0.5, 0.6) is 0 Å². The number of rotatable bonds is 2. The van der Waals surface area contributed by atoms with Crippen molar-refractivity contribution in [3.05, 3.63) is 40.2 Å². The van der Waals surface area contributed by atoms with Crippen molar-refractivity contribution in [2.75, 3.05) is 5.32 Å². The number of hydrogen-bond donors (Lipinski definition) is 1. The number of nitrogens with one attached hydrogen (secondary N) is 1. The number of nitrogens with zero attached hydrogens (tertiary/aromatic N) is 2. The highest BCUT2D eigenvalue weighted by Crippen LogP contribution is 2.30. The van der Waals surface area contributed by atoms with Crippen LogP contribution in [0.3, 0.4) is 0 Å². The Bertz CT molecular complexity index is 677. The Morgan fingerprint density at radius 2 is 2.05 bits per heavy atom. The maximum Gasteiger partial charge on any atom is 0.257 e. The van der Waals surface area contributed by atoms with E-state index in [9.17, 15) is 4.79 Å². The van der Waals surface area contributed by atoms with Gasteiger partial charge in [-0.05, 0) is 37.8 Å². The molecular weight excluding hydrogens is 294 g/mol. The number of fused-ring (bicyclic) bond motifs is 1. The average molecular weight is 315 g/mol. The largest absolute Gasteiger partial charge is 0.298 e. The van der Waals surface area contributed by atoms with Gasteiger partial charge in [0.2, 0.25) is 0 Å². The van der Waals surface area contributed by atoms with Crippen LogP contribution in [-0.2, 0) is 18.3 Å². The molecule has 0 saturated heterocycles. The zero-order valence-electron chi connectivity index (χ0n) is 13.3. The lowest BCUT2D eigenvalue weighted by molar-refractivity contribution is 0.102. The first-order chi connectivity index (χ1) is 10.4. The second kappa shape index (κ2) is 5.80. The summed E-state index contributed by atoms with van der Waals surface area (Å²) in [5.41, 5.74) is 2.64. The molecule has 0 aromatic carbocycles. The van der Waals surface area contributed by atoms with Crippen LogP contribution in [0.15, 0.2) is 18.3 Å². The van der Waals surface area contributed by atoms with Crippen LogP contribution in [0.1, 0.15) is 60.2 Å². The van der Waals surface area contributed by atoms with Crippen LogP contribution in [0.25, 0.3) is 0 Å². The highest BCUT2D eigenvalue weighted by Gasteiger charge is 2.19. The fourth-order valence-corrected chi connectivity index (χ4v) is 3.60. The lowest BCUT2D eigenvalue weighted by Crippen LogP contribution is -2.17. The molecule has 2 aromatic heterocycles. The van der Waals surface area contributed by atoms with Gasteiger partial charge in [-0.25, -0.2) is 4.98 Å². The van der Waals surface area contributed by atoms with Crippen LogP contribution < -0.4 is 5.32 Å². The van der Waals surface area contributed by atoms with Crippen LogP contribution in [0.4, 0.5) is 5.13 Å².